The molecule has 0 unspecified atom stereocenters. The van der Waals surface area contributed by atoms with E-state index in [-0.39, 0.29) is 22.6 Å². The van der Waals surface area contributed by atoms with Crippen LogP contribution in [-0.2, 0) is 4.79 Å². The van der Waals surface area contributed by atoms with Crippen molar-refractivity contribution in [1.29, 1.82) is 0 Å². The highest BCUT2D eigenvalue weighted by Gasteiger charge is 2.77. The fourth-order valence-corrected chi connectivity index (χ4v) is 2.57. The van der Waals surface area contributed by atoms with Gasteiger partial charge in [0.15, 0.2) is 5.78 Å². The van der Waals surface area contributed by atoms with E-state index < -0.39 is 0 Å². The Bertz CT molecular complexity index is 246. The molecule has 0 aliphatic heterocycles. The summed E-state index contributed by atoms with van der Waals surface area (Å²) >= 11 is 5.44. The quantitative estimate of drug-likeness (QED) is 0.455. The molecule has 0 amide bonds. The first-order valence-electron chi connectivity index (χ1n) is 3.64. The first-order chi connectivity index (χ1) is 5.16. The molecule has 0 radical (unpaired) electrons. The van der Waals surface area contributed by atoms with E-state index >= 15 is 0 Å². The molecule has 0 aromatic heterocycles. The minimum atomic E-state index is -0.147. The van der Waals surface area contributed by atoms with Gasteiger partial charge in [0.1, 0.15) is 0 Å². The number of carbonyl (C=O) groups is 1. The summed E-state index contributed by atoms with van der Waals surface area (Å²) in [5, 5.41) is 0. The molecule has 0 atom stereocenters. The SMILES string of the molecule is [C-]#[N+]C12CC(C(=O)CCl)(C1)C2. The summed E-state index contributed by atoms with van der Waals surface area (Å²) in [6.07, 6.45) is 2.32. The molecule has 0 spiro atoms. The van der Waals surface area contributed by atoms with Gasteiger partial charge in [0.2, 0.25) is 5.54 Å². The smallest absolute Gasteiger partial charge is 0.235 e. The Hall–Kier alpha value is -0.550. The van der Waals surface area contributed by atoms with Crippen LogP contribution in [0.15, 0.2) is 0 Å². The second-order valence-corrected chi connectivity index (χ2v) is 3.97. The number of rotatable bonds is 2. The van der Waals surface area contributed by atoms with Crippen LogP contribution in [0.5, 0.6) is 0 Å². The van der Waals surface area contributed by atoms with Gasteiger partial charge >= 0.3 is 0 Å². The lowest BCUT2D eigenvalue weighted by Crippen LogP contribution is -2.68. The molecule has 2 nitrogen and oxygen atoms in total. The highest BCUT2D eigenvalue weighted by Crippen LogP contribution is 2.69. The number of hydrogen-bond acceptors (Lipinski definition) is 1. The zero-order valence-electron chi connectivity index (χ0n) is 6.06. The summed E-state index contributed by atoms with van der Waals surface area (Å²) in [6, 6.07) is 0. The monoisotopic (exact) mass is 169 g/mol. The van der Waals surface area contributed by atoms with Crippen molar-refractivity contribution in [3.8, 4) is 0 Å². The van der Waals surface area contributed by atoms with Crippen LogP contribution in [0.1, 0.15) is 19.3 Å². The van der Waals surface area contributed by atoms with Crippen molar-refractivity contribution in [1.82, 2.24) is 0 Å². The molecule has 11 heavy (non-hydrogen) atoms. The molecule has 3 aliphatic rings. The number of alkyl halides is 1. The first-order valence-corrected chi connectivity index (χ1v) is 4.18. The Morgan fingerprint density at radius 2 is 2.09 bits per heavy atom. The second-order valence-electron chi connectivity index (χ2n) is 3.70. The topological polar surface area (TPSA) is 21.4 Å². The van der Waals surface area contributed by atoms with E-state index in [4.69, 9.17) is 18.2 Å². The minimum absolute atomic E-state index is 0.119. The van der Waals surface area contributed by atoms with E-state index in [9.17, 15) is 4.79 Å². The lowest BCUT2D eigenvalue weighted by molar-refractivity contribution is -0.159. The first kappa shape index (κ1) is 7.12. The third-order valence-corrected chi connectivity index (χ3v) is 3.20. The van der Waals surface area contributed by atoms with Gasteiger partial charge in [-0.25, -0.2) is 6.57 Å². The predicted molar refractivity (Wildman–Crippen MR) is 41.3 cm³/mol. The van der Waals surface area contributed by atoms with Crippen molar-refractivity contribution in [3.05, 3.63) is 11.4 Å². The maximum Gasteiger partial charge on any atom is 0.235 e. The number of ketones is 1. The second kappa shape index (κ2) is 1.78. The van der Waals surface area contributed by atoms with Gasteiger partial charge < -0.3 is 4.85 Å². The van der Waals surface area contributed by atoms with Gasteiger partial charge in [-0.3, -0.25) is 4.79 Å². The molecule has 3 rings (SSSR count). The fourth-order valence-electron chi connectivity index (χ4n) is 2.29. The molecule has 3 saturated carbocycles. The minimum Gasteiger partial charge on any atom is -0.310 e. The molecule has 58 valence electrons. The molecule has 3 aliphatic carbocycles. The molecule has 3 heteroatoms. The number of halogens is 1. The largest absolute Gasteiger partial charge is 0.310 e. The Morgan fingerprint density at radius 1 is 1.55 bits per heavy atom. The van der Waals surface area contributed by atoms with Gasteiger partial charge in [-0.05, 0) is 0 Å². The fraction of sp³-hybridized carbons (Fsp3) is 0.750. The molecule has 2 bridgehead atoms. The molecule has 0 N–H and O–H groups in total. The van der Waals surface area contributed by atoms with Crippen molar-refractivity contribution in [3.63, 3.8) is 0 Å². The summed E-state index contributed by atoms with van der Waals surface area (Å²) in [4.78, 5) is 14.7. The molecule has 0 aromatic rings. The Kier molecular flexibility index (Phi) is 1.15. The Morgan fingerprint density at radius 3 is 2.45 bits per heavy atom. The van der Waals surface area contributed by atoms with Gasteiger partial charge in [0.25, 0.3) is 0 Å². The van der Waals surface area contributed by atoms with Gasteiger partial charge in [-0.2, -0.15) is 0 Å². The van der Waals surface area contributed by atoms with E-state index in [0.29, 0.717) is 0 Å². The standard InChI is InChI=1S/C8H8ClNO/c1-10-8-3-7(4-8,5-8)6(11)2-9/h2-5H2. The van der Waals surface area contributed by atoms with E-state index in [0.717, 1.165) is 19.3 Å². The summed E-state index contributed by atoms with van der Waals surface area (Å²) in [7, 11) is 0. The number of nitrogens with zero attached hydrogens (tertiary/aromatic N) is 1. The molecular formula is C8H8ClNO. The van der Waals surface area contributed by atoms with Crippen LogP contribution in [0, 0.1) is 12.0 Å². The van der Waals surface area contributed by atoms with Gasteiger partial charge in [0, 0.05) is 19.3 Å². The van der Waals surface area contributed by atoms with Crippen molar-refractivity contribution in [2.24, 2.45) is 5.41 Å². The van der Waals surface area contributed by atoms with E-state index in [1.54, 1.807) is 0 Å². The van der Waals surface area contributed by atoms with Crippen LogP contribution < -0.4 is 0 Å². The van der Waals surface area contributed by atoms with Crippen LogP contribution in [0.2, 0.25) is 0 Å². The van der Waals surface area contributed by atoms with E-state index in [1.165, 1.54) is 0 Å². The third kappa shape index (κ3) is 0.648. The van der Waals surface area contributed by atoms with Gasteiger partial charge in [-0.1, -0.05) is 0 Å². The zero-order chi connectivity index (χ0) is 8.11. The molecule has 3 fully saturated rings. The lowest BCUT2D eigenvalue weighted by Gasteiger charge is -2.60. The van der Waals surface area contributed by atoms with E-state index in [2.05, 4.69) is 4.85 Å². The summed E-state index contributed by atoms with van der Waals surface area (Å²) in [5.74, 6) is 0.262. The average Bonchev–Trinajstić information content (AvgIpc) is 1.83. The maximum atomic E-state index is 11.2. The van der Waals surface area contributed by atoms with Crippen molar-refractivity contribution in [2.75, 3.05) is 5.88 Å². The van der Waals surface area contributed by atoms with Crippen LogP contribution in [0.4, 0.5) is 0 Å². The zero-order valence-corrected chi connectivity index (χ0v) is 6.82. The lowest BCUT2D eigenvalue weighted by atomic mass is 9.38. The van der Waals surface area contributed by atoms with Crippen LogP contribution in [-0.4, -0.2) is 17.2 Å². The Balaban J connectivity index is 2.05. The number of carbonyl (C=O) groups excluding carboxylic acids is 1. The molecular weight excluding hydrogens is 162 g/mol. The van der Waals surface area contributed by atoms with Crippen LogP contribution in [0.25, 0.3) is 4.85 Å². The molecule has 0 saturated heterocycles. The summed E-state index contributed by atoms with van der Waals surface area (Å²) < 4.78 is 0. The van der Waals surface area contributed by atoms with Crippen LogP contribution >= 0.6 is 11.6 Å². The number of Topliss-reactive ketones (excluding diaryl/α,β-unsaturated/α-hetero) is 1. The summed E-state index contributed by atoms with van der Waals surface area (Å²) in [6.45, 7) is 6.86. The third-order valence-electron chi connectivity index (χ3n) is 2.95. The summed E-state index contributed by atoms with van der Waals surface area (Å²) in [5.41, 5.74) is -0.284. The predicted octanol–water partition coefficient (Wildman–Crippen LogP) is 1.64. The average molecular weight is 170 g/mol. The Labute approximate surface area is 70.3 Å². The molecule has 0 heterocycles. The van der Waals surface area contributed by atoms with E-state index in [1.807, 2.05) is 0 Å². The number of hydrogen-bond donors (Lipinski definition) is 0. The van der Waals surface area contributed by atoms with Gasteiger partial charge in [-0.15, -0.1) is 11.6 Å². The van der Waals surface area contributed by atoms with Crippen LogP contribution in [0.3, 0.4) is 0 Å². The van der Waals surface area contributed by atoms with Crippen molar-refractivity contribution in [2.45, 2.75) is 24.8 Å². The highest BCUT2D eigenvalue weighted by molar-refractivity contribution is 6.28. The van der Waals surface area contributed by atoms with Crippen molar-refractivity contribution >= 4 is 17.4 Å². The normalized spacial score (nSPS) is 45.1. The maximum absolute atomic E-state index is 11.2. The van der Waals surface area contributed by atoms with Gasteiger partial charge in [0.05, 0.1) is 11.3 Å². The molecule has 0 aromatic carbocycles. The highest BCUT2D eigenvalue weighted by atomic mass is 35.5. The van der Waals surface area contributed by atoms with Crippen molar-refractivity contribution < 1.29 is 4.79 Å².